The molecule has 0 saturated carbocycles. The molecule has 1 fully saturated rings. The number of pyridine rings is 1. The first kappa shape index (κ1) is 20.9. The Morgan fingerprint density at radius 1 is 1.16 bits per heavy atom. The molecule has 0 radical (unpaired) electrons. The summed E-state index contributed by atoms with van der Waals surface area (Å²) >= 11 is 0. The van der Waals surface area contributed by atoms with E-state index >= 15 is 0 Å². The van der Waals surface area contributed by atoms with Crippen molar-refractivity contribution in [1.29, 1.82) is 0 Å². The van der Waals surface area contributed by atoms with E-state index in [0.29, 0.717) is 6.54 Å². The zero-order valence-electron chi connectivity index (χ0n) is 16.2. The topological polar surface area (TPSA) is 97.0 Å². The molecule has 1 aliphatic heterocycles. The molecule has 0 aliphatic carbocycles. The van der Waals surface area contributed by atoms with Crippen LogP contribution in [0.15, 0.2) is 36.8 Å². The van der Waals surface area contributed by atoms with Gasteiger partial charge in [-0.3, -0.25) is 9.78 Å². The highest BCUT2D eigenvalue weighted by atomic mass is 19.4. The van der Waals surface area contributed by atoms with E-state index in [9.17, 15) is 22.4 Å². The summed E-state index contributed by atoms with van der Waals surface area (Å²) in [6.45, 7) is 1.99. The zero-order chi connectivity index (χ0) is 22.2. The summed E-state index contributed by atoms with van der Waals surface area (Å²) < 4.78 is 53.5. The van der Waals surface area contributed by atoms with E-state index in [1.54, 1.807) is 0 Å². The number of nitrogens with one attached hydrogen (secondary N) is 1. The number of nitrogens with zero attached hydrogens (tertiary/aromatic N) is 4. The molecule has 11 heteroatoms. The lowest BCUT2D eigenvalue weighted by molar-refractivity contribution is -0.140. The number of nitrogens with two attached hydrogens (primary N) is 1. The third kappa shape index (κ3) is 4.26. The van der Waals surface area contributed by atoms with Gasteiger partial charge >= 0.3 is 6.18 Å². The first-order valence-corrected chi connectivity index (χ1v) is 9.49. The van der Waals surface area contributed by atoms with E-state index in [4.69, 9.17) is 5.73 Å². The second-order valence-electron chi connectivity index (χ2n) is 7.23. The summed E-state index contributed by atoms with van der Waals surface area (Å²) in [4.78, 5) is 26.2. The Kier molecular flexibility index (Phi) is 5.44. The normalized spacial score (nSPS) is 15.5. The summed E-state index contributed by atoms with van der Waals surface area (Å²) in [7, 11) is 0. The molecular formula is C20H18F4N6O. The minimum Gasteiger partial charge on any atom is -0.366 e. The molecule has 4 rings (SSSR count). The van der Waals surface area contributed by atoms with Crippen LogP contribution in [0.4, 0.5) is 23.4 Å². The van der Waals surface area contributed by atoms with Crippen molar-refractivity contribution in [3.63, 3.8) is 0 Å². The third-order valence-electron chi connectivity index (χ3n) is 5.19. The van der Waals surface area contributed by atoms with Gasteiger partial charge in [0.25, 0.3) is 5.91 Å². The lowest BCUT2D eigenvalue weighted by Crippen LogP contribution is -2.41. The number of primary amides is 1. The molecule has 3 aromatic rings. The molecule has 31 heavy (non-hydrogen) atoms. The van der Waals surface area contributed by atoms with Crippen molar-refractivity contribution in [2.24, 2.45) is 5.73 Å². The fourth-order valence-electron chi connectivity index (χ4n) is 3.47. The summed E-state index contributed by atoms with van der Waals surface area (Å²) in [5.41, 5.74) is 4.94. The van der Waals surface area contributed by atoms with E-state index in [2.05, 4.69) is 25.2 Å². The molecule has 0 spiro atoms. The number of fused-ring (bicyclic) bond motifs is 1. The second kappa shape index (κ2) is 8.06. The summed E-state index contributed by atoms with van der Waals surface area (Å²) in [6, 6.07) is 3.71. The molecule has 3 N–H and O–H groups in total. The summed E-state index contributed by atoms with van der Waals surface area (Å²) in [5.74, 6) is -1.79. The predicted molar refractivity (Wildman–Crippen MR) is 105 cm³/mol. The van der Waals surface area contributed by atoms with Crippen molar-refractivity contribution in [1.82, 2.24) is 19.9 Å². The van der Waals surface area contributed by atoms with Crippen molar-refractivity contribution in [2.45, 2.75) is 18.6 Å². The number of anilines is 1. The largest absolute Gasteiger partial charge is 0.419 e. The first-order chi connectivity index (χ1) is 14.7. The molecule has 3 heterocycles. The lowest BCUT2D eigenvalue weighted by Gasteiger charge is -2.35. The minimum absolute atomic E-state index is 0.149. The molecule has 0 bridgehead atoms. The average Bonchev–Trinajstić information content (AvgIpc) is 2.68. The number of halogens is 4. The average molecular weight is 434 g/mol. The van der Waals surface area contributed by atoms with Gasteiger partial charge in [-0.2, -0.15) is 13.2 Å². The third-order valence-corrected chi connectivity index (χ3v) is 5.19. The van der Waals surface area contributed by atoms with Crippen LogP contribution in [0, 0.1) is 5.82 Å². The van der Waals surface area contributed by atoms with Gasteiger partial charge in [-0.15, -0.1) is 0 Å². The Labute approximate surface area is 174 Å². The molecule has 1 saturated heterocycles. The Balaban J connectivity index is 1.75. The first-order valence-electron chi connectivity index (χ1n) is 9.49. The molecule has 2 aromatic heterocycles. The number of carbonyl (C=O) groups excluding carboxylic acids is 1. The van der Waals surface area contributed by atoms with Crippen LogP contribution in [0.5, 0.6) is 0 Å². The Hall–Kier alpha value is -3.34. The number of alkyl halides is 3. The maximum atomic E-state index is 13.8. The minimum atomic E-state index is -4.82. The standard InChI is InChI=1S/C20H18F4N6O/c21-14-3-2-11(8-13(14)20(22,23)24)15(9-30-6-1-7-30)29-19-17-16(27-10-28-19)12(18(25)31)4-5-26-17/h2-5,8,10,15H,1,6-7,9H2,(H2,25,31)(H,27,28,29). The van der Waals surface area contributed by atoms with Crippen molar-refractivity contribution in [3.05, 3.63) is 59.3 Å². The maximum absolute atomic E-state index is 13.8. The quantitative estimate of drug-likeness (QED) is 0.579. The SMILES string of the molecule is NC(=O)c1ccnc2c(NC(CN3CCC3)c3ccc(F)c(C(F)(F)F)c3)ncnc12. The fraction of sp³-hybridized carbons (Fsp3) is 0.300. The van der Waals surface area contributed by atoms with Gasteiger partial charge in [-0.25, -0.2) is 14.4 Å². The van der Waals surface area contributed by atoms with Crippen LogP contribution in [0.1, 0.15) is 33.9 Å². The monoisotopic (exact) mass is 434 g/mol. The maximum Gasteiger partial charge on any atom is 0.419 e. The smallest absolute Gasteiger partial charge is 0.366 e. The Bertz CT molecular complexity index is 1130. The summed E-state index contributed by atoms with van der Waals surface area (Å²) in [6.07, 6.45) is -1.24. The highest BCUT2D eigenvalue weighted by Gasteiger charge is 2.35. The van der Waals surface area contributed by atoms with Crippen molar-refractivity contribution in [3.8, 4) is 0 Å². The predicted octanol–water partition coefficient (Wildman–Crippen LogP) is 3.14. The van der Waals surface area contributed by atoms with Crippen molar-refractivity contribution < 1.29 is 22.4 Å². The zero-order valence-corrected chi connectivity index (χ0v) is 16.2. The van der Waals surface area contributed by atoms with E-state index < -0.39 is 29.5 Å². The van der Waals surface area contributed by atoms with E-state index in [1.807, 2.05) is 0 Å². The molecule has 1 aliphatic rings. The number of carbonyl (C=O) groups is 1. The second-order valence-corrected chi connectivity index (χ2v) is 7.23. The van der Waals surface area contributed by atoms with Gasteiger partial charge in [0, 0.05) is 12.7 Å². The number of benzene rings is 1. The Morgan fingerprint density at radius 2 is 1.94 bits per heavy atom. The van der Waals surface area contributed by atoms with Gasteiger partial charge in [0.15, 0.2) is 5.82 Å². The van der Waals surface area contributed by atoms with Crippen LogP contribution < -0.4 is 11.1 Å². The van der Waals surface area contributed by atoms with Gasteiger partial charge in [0.1, 0.15) is 23.2 Å². The molecule has 1 aromatic carbocycles. The van der Waals surface area contributed by atoms with E-state index in [0.717, 1.165) is 31.6 Å². The molecule has 7 nitrogen and oxygen atoms in total. The van der Waals surface area contributed by atoms with Gasteiger partial charge < -0.3 is 16.0 Å². The van der Waals surface area contributed by atoms with Gasteiger partial charge in [0.05, 0.1) is 17.2 Å². The molecule has 162 valence electrons. The van der Waals surface area contributed by atoms with Crippen LogP contribution in [0.25, 0.3) is 11.0 Å². The highest BCUT2D eigenvalue weighted by Crippen LogP contribution is 2.34. The Morgan fingerprint density at radius 3 is 2.58 bits per heavy atom. The molecule has 1 amide bonds. The number of hydrogen-bond acceptors (Lipinski definition) is 6. The fourth-order valence-corrected chi connectivity index (χ4v) is 3.47. The van der Waals surface area contributed by atoms with E-state index in [1.165, 1.54) is 24.7 Å². The number of likely N-dealkylation sites (tertiary alicyclic amines) is 1. The van der Waals surface area contributed by atoms with Crippen LogP contribution in [-0.2, 0) is 6.18 Å². The van der Waals surface area contributed by atoms with Crippen molar-refractivity contribution >= 4 is 22.8 Å². The number of amides is 1. The molecule has 1 atom stereocenters. The highest BCUT2D eigenvalue weighted by molar-refractivity contribution is 6.05. The number of hydrogen-bond donors (Lipinski definition) is 2. The van der Waals surface area contributed by atoms with Crippen LogP contribution >= 0.6 is 0 Å². The van der Waals surface area contributed by atoms with Crippen LogP contribution in [0.3, 0.4) is 0 Å². The van der Waals surface area contributed by atoms with Crippen molar-refractivity contribution in [2.75, 3.05) is 25.0 Å². The molecular weight excluding hydrogens is 416 g/mol. The number of aromatic nitrogens is 3. The van der Waals surface area contributed by atoms with Gasteiger partial charge in [-0.1, -0.05) is 6.07 Å². The summed E-state index contributed by atoms with van der Waals surface area (Å²) in [5, 5.41) is 3.10. The van der Waals surface area contributed by atoms with Gasteiger partial charge in [0.2, 0.25) is 0 Å². The lowest BCUT2D eigenvalue weighted by atomic mass is 10.0. The molecule has 1 unspecified atom stereocenters. The van der Waals surface area contributed by atoms with Crippen LogP contribution in [0.2, 0.25) is 0 Å². The van der Waals surface area contributed by atoms with Crippen LogP contribution in [-0.4, -0.2) is 45.4 Å². The van der Waals surface area contributed by atoms with E-state index in [-0.39, 0.29) is 28.0 Å². The van der Waals surface area contributed by atoms with Gasteiger partial charge in [-0.05, 0) is 43.3 Å². The number of rotatable bonds is 6.